The molecule has 2 atom stereocenters. The summed E-state index contributed by atoms with van der Waals surface area (Å²) < 4.78 is 16.1. The monoisotopic (exact) mass is 434 g/mol. The predicted octanol–water partition coefficient (Wildman–Crippen LogP) is 3.81. The summed E-state index contributed by atoms with van der Waals surface area (Å²) in [7, 11) is 4.60. The van der Waals surface area contributed by atoms with Gasteiger partial charge in [-0.2, -0.15) is 0 Å². The first-order valence-corrected chi connectivity index (χ1v) is 9.78. The van der Waals surface area contributed by atoms with Crippen molar-refractivity contribution in [3.8, 4) is 17.2 Å². The van der Waals surface area contributed by atoms with Crippen LogP contribution in [0.1, 0.15) is 43.5 Å². The summed E-state index contributed by atoms with van der Waals surface area (Å²) in [4.78, 5) is 24.3. The molecular formula is C22H27ClN2O5. The first kappa shape index (κ1) is 23.3. The summed E-state index contributed by atoms with van der Waals surface area (Å²) in [6.45, 7) is 3.27. The normalized spacial score (nSPS) is 12.5. The molecule has 0 spiro atoms. The number of nitrogens with one attached hydrogen (secondary N) is 2. The van der Waals surface area contributed by atoms with Crippen LogP contribution < -0.4 is 24.8 Å². The van der Waals surface area contributed by atoms with Crippen molar-refractivity contribution in [1.82, 2.24) is 10.6 Å². The third-order valence-corrected chi connectivity index (χ3v) is 4.86. The Labute approximate surface area is 181 Å². The molecular weight excluding hydrogens is 408 g/mol. The minimum Gasteiger partial charge on any atom is -0.493 e. The van der Waals surface area contributed by atoms with Crippen molar-refractivity contribution in [2.75, 3.05) is 21.3 Å². The van der Waals surface area contributed by atoms with Gasteiger partial charge in [0.15, 0.2) is 11.5 Å². The fraction of sp³-hybridized carbons (Fsp3) is 0.364. The highest BCUT2D eigenvalue weighted by molar-refractivity contribution is 6.30. The van der Waals surface area contributed by atoms with Crippen LogP contribution in [0.25, 0.3) is 0 Å². The number of ether oxygens (including phenoxy) is 3. The Morgan fingerprint density at radius 2 is 1.50 bits per heavy atom. The van der Waals surface area contributed by atoms with Crippen molar-refractivity contribution in [2.45, 2.75) is 32.4 Å². The lowest BCUT2D eigenvalue weighted by atomic mass is 10.0. The summed E-state index contributed by atoms with van der Waals surface area (Å²) in [5.74, 6) is 1.05. The van der Waals surface area contributed by atoms with Crippen molar-refractivity contribution >= 4 is 23.4 Å². The maximum absolute atomic E-state index is 12.7. The standard InChI is InChI=1S/C22H27ClN2O5/c1-13(16-10-19(28-3)22(30-5)20(11-16)29-4)24-21(27)12-18(25-14(2)26)15-6-8-17(23)9-7-15/h6-11,13,18H,12H2,1-5H3,(H,24,27)(H,25,26). The molecule has 0 aliphatic heterocycles. The van der Waals surface area contributed by atoms with E-state index in [1.807, 2.05) is 6.92 Å². The second kappa shape index (κ2) is 10.7. The number of hydrogen-bond acceptors (Lipinski definition) is 5. The van der Waals surface area contributed by atoms with E-state index in [4.69, 9.17) is 25.8 Å². The highest BCUT2D eigenvalue weighted by atomic mass is 35.5. The molecule has 2 amide bonds. The molecule has 0 fully saturated rings. The van der Waals surface area contributed by atoms with Gasteiger partial charge in [0.1, 0.15) is 0 Å². The largest absolute Gasteiger partial charge is 0.493 e. The number of carbonyl (C=O) groups is 2. The molecule has 2 aromatic rings. The summed E-state index contributed by atoms with van der Waals surface area (Å²) in [6, 6.07) is 9.82. The topological polar surface area (TPSA) is 85.9 Å². The van der Waals surface area contributed by atoms with Gasteiger partial charge in [-0.05, 0) is 42.3 Å². The molecule has 2 aromatic carbocycles. The van der Waals surface area contributed by atoms with E-state index in [1.54, 1.807) is 36.4 Å². The van der Waals surface area contributed by atoms with E-state index in [0.717, 1.165) is 11.1 Å². The van der Waals surface area contributed by atoms with Crippen molar-refractivity contribution in [1.29, 1.82) is 0 Å². The van der Waals surface area contributed by atoms with Crippen LogP contribution in [0, 0.1) is 0 Å². The second-order valence-corrected chi connectivity index (χ2v) is 7.19. The van der Waals surface area contributed by atoms with E-state index >= 15 is 0 Å². The average molecular weight is 435 g/mol. The van der Waals surface area contributed by atoms with Gasteiger partial charge in [-0.1, -0.05) is 23.7 Å². The zero-order valence-electron chi connectivity index (χ0n) is 17.7. The maximum atomic E-state index is 12.7. The van der Waals surface area contributed by atoms with E-state index in [1.165, 1.54) is 28.3 Å². The predicted molar refractivity (Wildman–Crippen MR) is 115 cm³/mol. The van der Waals surface area contributed by atoms with Crippen LogP contribution in [0.4, 0.5) is 0 Å². The first-order chi connectivity index (χ1) is 14.3. The Kier molecular flexibility index (Phi) is 8.35. The molecule has 30 heavy (non-hydrogen) atoms. The number of benzene rings is 2. The lowest BCUT2D eigenvalue weighted by Gasteiger charge is -2.21. The number of hydrogen-bond donors (Lipinski definition) is 2. The molecule has 7 nitrogen and oxygen atoms in total. The van der Waals surface area contributed by atoms with E-state index in [-0.39, 0.29) is 24.3 Å². The molecule has 0 saturated carbocycles. The highest BCUT2D eigenvalue weighted by Gasteiger charge is 2.21. The van der Waals surface area contributed by atoms with Crippen molar-refractivity contribution in [3.05, 3.63) is 52.5 Å². The molecule has 162 valence electrons. The summed E-state index contributed by atoms with van der Waals surface area (Å²) in [5.41, 5.74) is 1.59. The lowest BCUT2D eigenvalue weighted by molar-refractivity contribution is -0.123. The SMILES string of the molecule is COc1cc(C(C)NC(=O)CC(NC(C)=O)c2ccc(Cl)cc2)cc(OC)c1OC. The molecule has 2 unspecified atom stereocenters. The van der Waals surface area contributed by atoms with Gasteiger partial charge in [-0.3, -0.25) is 9.59 Å². The van der Waals surface area contributed by atoms with Crippen LogP contribution in [0.5, 0.6) is 17.2 Å². The fourth-order valence-corrected chi connectivity index (χ4v) is 3.24. The minimum atomic E-state index is -0.466. The molecule has 0 aliphatic carbocycles. The average Bonchev–Trinajstić information content (AvgIpc) is 2.72. The molecule has 2 rings (SSSR count). The Hall–Kier alpha value is -2.93. The Morgan fingerprint density at radius 3 is 1.97 bits per heavy atom. The molecule has 0 aliphatic rings. The Morgan fingerprint density at radius 1 is 0.933 bits per heavy atom. The van der Waals surface area contributed by atoms with Crippen LogP contribution in [0.3, 0.4) is 0 Å². The zero-order valence-corrected chi connectivity index (χ0v) is 18.5. The van der Waals surface area contributed by atoms with Crippen molar-refractivity contribution < 1.29 is 23.8 Å². The van der Waals surface area contributed by atoms with Crippen LogP contribution in [0.15, 0.2) is 36.4 Å². The maximum Gasteiger partial charge on any atom is 0.222 e. The number of amides is 2. The summed E-state index contributed by atoms with van der Waals surface area (Å²) in [6.07, 6.45) is 0.0793. The van der Waals surface area contributed by atoms with E-state index in [9.17, 15) is 9.59 Å². The van der Waals surface area contributed by atoms with Gasteiger partial charge in [-0.25, -0.2) is 0 Å². The van der Waals surface area contributed by atoms with Gasteiger partial charge in [0.25, 0.3) is 0 Å². The summed E-state index contributed by atoms with van der Waals surface area (Å²) in [5, 5.41) is 6.35. The van der Waals surface area contributed by atoms with Gasteiger partial charge in [0.05, 0.1) is 39.8 Å². The van der Waals surface area contributed by atoms with Gasteiger partial charge in [0.2, 0.25) is 17.6 Å². The van der Waals surface area contributed by atoms with Crippen LogP contribution in [-0.2, 0) is 9.59 Å². The molecule has 8 heteroatoms. The minimum absolute atomic E-state index is 0.0793. The van der Waals surface area contributed by atoms with E-state index in [2.05, 4.69) is 10.6 Å². The van der Waals surface area contributed by atoms with Crippen molar-refractivity contribution in [3.63, 3.8) is 0 Å². The second-order valence-electron chi connectivity index (χ2n) is 6.76. The zero-order chi connectivity index (χ0) is 22.3. The molecule has 0 saturated heterocycles. The smallest absolute Gasteiger partial charge is 0.222 e. The molecule has 0 bridgehead atoms. The van der Waals surface area contributed by atoms with Crippen LogP contribution in [0.2, 0.25) is 5.02 Å². The van der Waals surface area contributed by atoms with Gasteiger partial charge < -0.3 is 24.8 Å². The van der Waals surface area contributed by atoms with Crippen LogP contribution in [-0.4, -0.2) is 33.1 Å². The van der Waals surface area contributed by atoms with E-state index in [0.29, 0.717) is 22.3 Å². The number of methoxy groups -OCH3 is 3. The molecule has 0 aromatic heterocycles. The number of rotatable bonds is 9. The number of halogens is 1. The first-order valence-electron chi connectivity index (χ1n) is 9.40. The van der Waals surface area contributed by atoms with Gasteiger partial charge in [-0.15, -0.1) is 0 Å². The van der Waals surface area contributed by atoms with E-state index < -0.39 is 6.04 Å². The van der Waals surface area contributed by atoms with Crippen LogP contribution >= 0.6 is 11.6 Å². The third kappa shape index (κ3) is 6.03. The molecule has 0 heterocycles. The van der Waals surface area contributed by atoms with Crippen molar-refractivity contribution in [2.24, 2.45) is 0 Å². The molecule has 2 N–H and O–H groups in total. The number of carbonyl (C=O) groups excluding carboxylic acids is 2. The quantitative estimate of drug-likeness (QED) is 0.626. The Bertz CT molecular complexity index is 861. The fourth-order valence-electron chi connectivity index (χ4n) is 3.11. The summed E-state index contributed by atoms with van der Waals surface area (Å²) >= 11 is 5.94. The highest BCUT2D eigenvalue weighted by Crippen LogP contribution is 2.39. The third-order valence-electron chi connectivity index (χ3n) is 4.60. The Balaban J connectivity index is 2.17. The molecule has 0 radical (unpaired) electrons. The lowest BCUT2D eigenvalue weighted by Crippen LogP contribution is -2.33. The van der Waals surface area contributed by atoms with Gasteiger partial charge >= 0.3 is 0 Å². The van der Waals surface area contributed by atoms with Gasteiger partial charge in [0, 0.05) is 11.9 Å².